The molecule has 2 heterocycles. The summed E-state index contributed by atoms with van der Waals surface area (Å²) in [6.07, 6.45) is -1.68. The van der Waals surface area contributed by atoms with Gasteiger partial charge in [-0.25, -0.2) is 8.42 Å². The van der Waals surface area contributed by atoms with Gasteiger partial charge in [0, 0.05) is 37.5 Å². The Labute approximate surface area is 180 Å². The Morgan fingerprint density at radius 1 is 1.22 bits per heavy atom. The van der Waals surface area contributed by atoms with Crippen LogP contribution in [0.15, 0.2) is 47.6 Å². The van der Waals surface area contributed by atoms with Crippen molar-refractivity contribution in [1.82, 2.24) is 14.7 Å². The number of rotatable bonds is 6. The highest BCUT2D eigenvalue weighted by molar-refractivity contribution is 7.89. The van der Waals surface area contributed by atoms with Gasteiger partial charge in [0.15, 0.2) is 0 Å². The fraction of sp³-hybridized carbons (Fsp3) is 0.333. The maximum Gasteiger partial charge on any atom is 0.416 e. The summed E-state index contributed by atoms with van der Waals surface area (Å²) in [5, 5.41) is 11.1. The number of nitro benzene ring substituents is 1. The number of aromatic nitrogens is 1. The SMILES string of the molecule is O=C(NNc1ccc(C(F)(F)F)cc1[N+](=O)[O-])C1CCN(S(=O)(=O)c2cccnc2)CC1. The Balaban J connectivity index is 1.61. The number of anilines is 1. The molecule has 0 aliphatic carbocycles. The number of benzene rings is 1. The van der Waals surface area contributed by atoms with E-state index in [-0.39, 0.29) is 36.5 Å². The quantitative estimate of drug-likeness (QED) is 0.486. The zero-order valence-corrected chi connectivity index (χ0v) is 17.2. The Kier molecular flexibility index (Phi) is 6.64. The van der Waals surface area contributed by atoms with Crippen LogP contribution >= 0.6 is 0 Å². The van der Waals surface area contributed by atoms with Gasteiger partial charge < -0.3 is 0 Å². The van der Waals surface area contributed by atoms with Crippen molar-refractivity contribution in [1.29, 1.82) is 0 Å². The van der Waals surface area contributed by atoms with Crippen LogP contribution in [0.1, 0.15) is 18.4 Å². The summed E-state index contributed by atoms with van der Waals surface area (Å²) < 4.78 is 64.8. The van der Waals surface area contributed by atoms with Crippen LogP contribution in [0.4, 0.5) is 24.5 Å². The molecule has 1 aliphatic rings. The van der Waals surface area contributed by atoms with Crippen molar-refractivity contribution in [2.75, 3.05) is 18.5 Å². The number of alkyl halides is 3. The second-order valence-corrected chi connectivity index (χ2v) is 8.91. The average molecular weight is 473 g/mol. The Morgan fingerprint density at radius 3 is 2.47 bits per heavy atom. The molecule has 1 fully saturated rings. The number of hydrogen-bond donors (Lipinski definition) is 2. The zero-order chi connectivity index (χ0) is 23.5. The number of carbonyl (C=O) groups excluding carboxylic acids is 1. The van der Waals surface area contributed by atoms with E-state index in [9.17, 15) is 36.5 Å². The number of nitrogens with zero attached hydrogens (tertiary/aromatic N) is 3. The number of pyridine rings is 1. The number of piperidine rings is 1. The Hall–Kier alpha value is -3.26. The molecule has 2 aromatic rings. The molecular weight excluding hydrogens is 455 g/mol. The molecule has 1 aromatic carbocycles. The van der Waals surface area contributed by atoms with E-state index in [1.807, 2.05) is 0 Å². The summed E-state index contributed by atoms with van der Waals surface area (Å²) in [6.45, 7) is 0.158. The third-order valence-corrected chi connectivity index (χ3v) is 6.82. The molecule has 1 aromatic heterocycles. The van der Waals surface area contributed by atoms with E-state index >= 15 is 0 Å². The van der Waals surface area contributed by atoms with E-state index in [0.29, 0.717) is 12.1 Å². The van der Waals surface area contributed by atoms with E-state index in [4.69, 9.17) is 0 Å². The van der Waals surface area contributed by atoms with Gasteiger partial charge >= 0.3 is 6.18 Å². The van der Waals surface area contributed by atoms with Gasteiger partial charge in [0.1, 0.15) is 10.6 Å². The number of carbonyl (C=O) groups is 1. The summed E-state index contributed by atoms with van der Waals surface area (Å²) in [5.41, 5.74) is 2.19. The number of amides is 1. The molecule has 0 saturated carbocycles. The summed E-state index contributed by atoms with van der Waals surface area (Å²) in [6, 6.07) is 4.80. The van der Waals surface area contributed by atoms with Gasteiger partial charge in [-0.05, 0) is 37.1 Å². The van der Waals surface area contributed by atoms with Crippen molar-refractivity contribution < 1.29 is 31.3 Å². The second-order valence-electron chi connectivity index (χ2n) is 6.97. The second kappa shape index (κ2) is 9.08. The number of hydrogen-bond acceptors (Lipinski definition) is 7. The third kappa shape index (κ3) is 5.13. The number of nitro groups is 1. The molecular formula is C18H18F3N5O5S. The first-order valence-corrected chi connectivity index (χ1v) is 10.8. The molecule has 32 heavy (non-hydrogen) atoms. The molecule has 0 bridgehead atoms. The lowest BCUT2D eigenvalue weighted by atomic mass is 9.98. The van der Waals surface area contributed by atoms with E-state index in [1.165, 1.54) is 28.8 Å². The molecule has 0 atom stereocenters. The predicted molar refractivity (Wildman–Crippen MR) is 106 cm³/mol. The number of nitrogens with one attached hydrogen (secondary N) is 2. The van der Waals surface area contributed by atoms with E-state index in [0.717, 1.165) is 6.07 Å². The zero-order valence-electron chi connectivity index (χ0n) is 16.4. The molecule has 10 nitrogen and oxygen atoms in total. The maximum atomic E-state index is 12.8. The van der Waals surface area contributed by atoms with Crippen LogP contribution in [0, 0.1) is 16.0 Å². The first-order valence-electron chi connectivity index (χ1n) is 9.32. The predicted octanol–water partition coefficient (Wildman–Crippen LogP) is 2.55. The van der Waals surface area contributed by atoms with Crippen molar-refractivity contribution in [2.24, 2.45) is 5.92 Å². The highest BCUT2D eigenvalue weighted by Crippen LogP contribution is 2.34. The van der Waals surface area contributed by atoms with Gasteiger partial charge in [0.2, 0.25) is 15.9 Å². The lowest BCUT2D eigenvalue weighted by molar-refractivity contribution is -0.384. The fourth-order valence-corrected chi connectivity index (χ4v) is 4.64. The first-order chi connectivity index (χ1) is 15.0. The van der Waals surface area contributed by atoms with Gasteiger partial charge in [-0.3, -0.25) is 30.7 Å². The van der Waals surface area contributed by atoms with Crippen LogP contribution in [0.3, 0.4) is 0 Å². The van der Waals surface area contributed by atoms with Crippen LogP contribution in [0.25, 0.3) is 0 Å². The molecule has 172 valence electrons. The van der Waals surface area contributed by atoms with E-state index in [2.05, 4.69) is 15.8 Å². The van der Waals surface area contributed by atoms with Gasteiger partial charge in [-0.15, -0.1) is 0 Å². The lowest BCUT2D eigenvalue weighted by Crippen LogP contribution is -2.44. The molecule has 1 saturated heterocycles. The molecule has 0 spiro atoms. The Bertz CT molecular complexity index is 1100. The molecule has 14 heteroatoms. The molecule has 0 unspecified atom stereocenters. The monoisotopic (exact) mass is 473 g/mol. The van der Waals surface area contributed by atoms with Crippen molar-refractivity contribution in [2.45, 2.75) is 23.9 Å². The summed E-state index contributed by atoms with van der Waals surface area (Å²) in [7, 11) is -3.74. The highest BCUT2D eigenvalue weighted by Gasteiger charge is 2.34. The van der Waals surface area contributed by atoms with E-state index in [1.54, 1.807) is 0 Å². The van der Waals surface area contributed by atoms with Crippen molar-refractivity contribution in [3.05, 3.63) is 58.4 Å². The molecule has 2 N–H and O–H groups in total. The van der Waals surface area contributed by atoms with Crippen LogP contribution < -0.4 is 10.9 Å². The smallest absolute Gasteiger partial charge is 0.292 e. The van der Waals surface area contributed by atoms with Gasteiger partial charge in [-0.2, -0.15) is 17.5 Å². The van der Waals surface area contributed by atoms with Crippen LogP contribution in [0.5, 0.6) is 0 Å². The first kappa shape index (κ1) is 23.4. The fourth-order valence-electron chi connectivity index (χ4n) is 3.20. The lowest BCUT2D eigenvalue weighted by Gasteiger charge is -2.30. The summed E-state index contributed by atoms with van der Waals surface area (Å²) in [5.74, 6) is -1.14. The van der Waals surface area contributed by atoms with Crippen LogP contribution in [-0.2, 0) is 21.0 Å². The normalized spacial score (nSPS) is 15.8. The molecule has 1 amide bonds. The van der Waals surface area contributed by atoms with Crippen LogP contribution in [-0.4, -0.2) is 41.6 Å². The van der Waals surface area contributed by atoms with Gasteiger partial charge in [0.05, 0.1) is 10.5 Å². The van der Waals surface area contributed by atoms with Crippen LogP contribution in [0.2, 0.25) is 0 Å². The topological polar surface area (TPSA) is 135 Å². The minimum Gasteiger partial charge on any atom is -0.292 e. The van der Waals surface area contributed by atoms with Crippen molar-refractivity contribution in [3.63, 3.8) is 0 Å². The molecule has 1 aliphatic heterocycles. The number of sulfonamides is 1. The average Bonchev–Trinajstić information content (AvgIpc) is 2.77. The van der Waals surface area contributed by atoms with Gasteiger partial charge in [0.25, 0.3) is 5.69 Å². The van der Waals surface area contributed by atoms with Gasteiger partial charge in [-0.1, -0.05) is 0 Å². The third-order valence-electron chi connectivity index (χ3n) is 4.94. The standard InChI is InChI=1S/C18H18F3N5O5S/c19-18(20,21)13-3-4-15(16(10-13)26(28)29)23-24-17(27)12-5-8-25(9-6-12)32(30,31)14-2-1-7-22-11-14/h1-4,7,10-12,23H,5-6,8-9H2,(H,24,27). The minimum absolute atomic E-state index is 0.0409. The summed E-state index contributed by atoms with van der Waals surface area (Å²) >= 11 is 0. The summed E-state index contributed by atoms with van der Waals surface area (Å²) in [4.78, 5) is 26.4. The van der Waals surface area contributed by atoms with E-state index < -0.39 is 44.2 Å². The van der Waals surface area contributed by atoms with Crippen molar-refractivity contribution >= 4 is 27.3 Å². The molecule has 0 radical (unpaired) electrons. The molecule has 3 rings (SSSR count). The Morgan fingerprint density at radius 2 is 1.91 bits per heavy atom. The largest absolute Gasteiger partial charge is 0.416 e. The van der Waals surface area contributed by atoms with Crippen molar-refractivity contribution in [3.8, 4) is 0 Å². The maximum absolute atomic E-state index is 12.8. The highest BCUT2D eigenvalue weighted by atomic mass is 32.2. The minimum atomic E-state index is -4.75. The number of halogens is 3. The number of hydrazine groups is 1.